The molecule has 0 saturated heterocycles. The van der Waals surface area contributed by atoms with Gasteiger partial charge in [-0.3, -0.25) is 4.79 Å². The highest BCUT2D eigenvalue weighted by Crippen LogP contribution is 2.28. The van der Waals surface area contributed by atoms with E-state index < -0.39 is 5.97 Å². The summed E-state index contributed by atoms with van der Waals surface area (Å²) in [6, 6.07) is 4.46. The number of rotatable bonds is 3. The zero-order valence-corrected chi connectivity index (χ0v) is 12.4. The molecule has 0 saturated carbocycles. The molecule has 1 atom stereocenters. The zero-order chi connectivity index (χ0) is 15.0. The van der Waals surface area contributed by atoms with E-state index in [0.717, 1.165) is 12.0 Å². The lowest BCUT2D eigenvalue weighted by Gasteiger charge is -2.22. The first-order valence-corrected chi connectivity index (χ1v) is 6.83. The van der Waals surface area contributed by atoms with Crippen LogP contribution in [0.2, 0.25) is 5.02 Å². The number of pyridine rings is 1. The summed E-state index contributed by atoms with van der Waals surface area (Å²) in [4.78, 5) is 23.6. The van der Waals surface area contributed by atoms with Gasteiger partial charge in [-0.05, 0) is 38.0 Å². The van der Waals surface area contributed by atoms with E-state index in [1.54, 1.807) is 23.6 Å². The zero-order valence-electron chi connectivity index (χ0n) is 11.6. The summed E-state index contributed by atoms with van der Waals surface area (Å²) in [5, 5.41) is 10.4. The third-order valence-corrected chi connectivity index (χ3v) is 4.06. The van der Waals surface area contributed by atoms with Gasteiger partial charge in [-0.1, -0.05) is 18.5 Å². The Morgan fingerprint density at radius 1 is 1.45 bits per heavy atom. The summed E-state index contributed by atoms with van der Waals surface area (Å²) in [6.07, 6.45) is 0.754. The van der Waals surface area contributed by atoms with E-state index >= 15 is 0 Å². The summed E-state index contributed by atoms with van der Waals surface area (Å²) in [5.41, 5.74) is 1.04. The van der Waals surface area contributed by atoms with Crippen molar-refractivity contribution in [1.82, 2.24) is 4.57 Å². The Morgan fingerprint density at radius 2 is 2.10 bits per heavy atom. The largest absolute Gasteiger partial charge is 0.477 e. The molecule has 1 heterocycles. The Hall–Kier alpha value is -1.81. The quantitative estimate of drug-likeness (QED) is 0.940. The van der Waals surface area contributed by atoms with E-state index in [-0.39, 0.29) is 17.2 Å². The van der Waals surface area contributed by atoms with Gasteiger partial charge in [0.15, 0.2) is 5.43 Å². The summed E-state index contributed by atoms with van der Waals surface area (Å²) < 4.78 is 1.69. The molecule has 20 heavy (non-hydrogen) atoms. The maximum Gasteiger partial charge on any atom is 0.352 e. The van der Waals surface area contributed by atoms with Gasteiger partial charge in [-0.25, -0.2) is 4.79 Å². The van der Waals surface area contributed by atoms with Crippen LogP contribution in [-0.4, -0.2) is 15.6 Å². The van der Waals surface area contributed by atoms with E-state index in [4.69, 9.17) is 11.6 Å². The highest BCUT2D eigenvalue weighted by molar-refractivity contribution is 6.32. The smallest absolute Gasteiger partial charge is 0.352 e. The first-order valence-electron chi connectivity index (χ1n) is 6.46. The number of benzene rings is 1. The van der Waals surface area contributed by atoms with Crippen LogP contribution in [0, 0.1) is 6.92 Å². The molecule has 0 fully saturated rings. The average molecular weight is 294 g/mol. The predicted octanol–water partition coefficient (Wildman–Crippen LogP) is 3.63. The number of carboxylic acids is 1. The maximum atomic E-state index is 12.1. The van der Waals surface area contributed by atoms with Crippen LogP contribution in [0.4, 0.5) is 0 Å². The molecule has 0 amide bonds. The van der Waals surface area contributed by atoms with Gasteiger partial charge in [-0.15, -0.1) is 0 Å². The second-order valence-corrected chi connectivity index (χ2v) is 5.30. The number of aromatic nitrogens is 1. The fourth-order valence-electron chi connectivity index (χ4n) is 2.38. The molecule has 5 heteroatoms. The Labute approximate surface area is 121 Å². The van der Waals surface area contributed by atoms with Gasteiger partial charge in [0.05, 0.1) is 5.52 Å². The third kappa shape index (κ3) is 2.20. The van der Waals surface area contributed by atoms with Crippen LogP contribution in [0.1, 0.15) is 42.4 Å². The Bertz CT molecular complexity index is 749. The van der Waals surface area contributed by atoms with Crippen LogP contribution in [0.15, 0.2) is 23.0 Å². The normalized spacial score (nSPS) is 12.6. The molecule has 0 aliphatic carbocycles. The first-order chi connectivity index (χ1) is 9.38. The van der Waals surface area contributed by atoms with Crippen molar-refractivity contribution in [2.24, 2.45) is 0 Å². The lowest BCUT2D eigenvalue weighted by molar-refractivity contribution is 0.0682. The fourth-order valence-corrected chi connectivity index (χ4v) is 2.53. The van der Waals surface area contributed by atoms with Crippen LogP contribution < -0.4 is 5.43 Å². The van der Waals surface area contributed by atoms with Gasteiger partial charge in [0, 0.05) is 22.5 Å². The van der Waals surface area contributed by atoms with Gasteiger partial charge in [0.2, 0.25) is 0 Å². The van der Waals surface area contributed by atoms with E-state index in [0.29, 0.717) is 15.9 Å². The van der Waals surface area contributed by atoms with E-state index in [1.165, 1.54) is 6.07 Å². The lowest BCUT2D eigenvalue weighted by atomic mass is 10.1. The SMILES string of the molecule is CCC(C)n1c(C(=O)O)cc(=O)c2ccc(Cl)c(C)c21. The lowest BCUT2D eigenvalue weighted by Crippen LogP contribution is -2.21. The number of aryl methyl sites for hydroxylation is 1. The number of carboxylic acid groups (broad SMARTS) is 1. The molecule has 1 aromatic carbocycles. The highest BCUT2D eigenvalue weighted by atomic mass is 35.5. The Kier molecular flexibility index (Phi) is 3.86. The van der Waals surface area contributed by atoms with Crippen LogP contribution in [0.5, 0.6) is 0 Å². The van der Waals surface area contributed by atoms with Crippen molar-refractivity contribution in [3.05, 3.63) is 44.7 Å². The number of halogens is 1. The summed E-state index contributed by atoms with van der Waals surface area (Å²) in [5.74, 6) is -1.11. The highest BCUT2D eigenvalue weighted by Gasteiger charge is 2.19. The van der Waals surface area contributed by atoms with E-state index in [1.807, 2.05) is 13.8 Å². The summed E-state index contributed by atoms with van der Waals surface area (Å²) in [6.45, 7) is 5.70. The summed E-state index contributed by atoms with van der Waals surface area (Å²) in [7, 11) is 0. The van der Waals surface area contributed by atoms with Gasteiger partial charge >= 0.3 is 5.97 Å². The van der Waals surface area contributed by atoms with E-state index in [9.17, 15) is 14.7 Å². The second kappa shape index (κ2) is 5.29. The van der Waals surface area contributed by atoms with Crippen LogP contribution >= 0.6 is 11.6 Å². The second-order valence-electron chi connectivity index (χ2n) is 4.89. The molecule has 0 bridgehead atoms. The molecule has 0 aliphatic heterocycles. The average Bonchev–Trinajstić information content (AvgIpc) is 2.41. The van der Waals surface area contributed by atoms with Crippen LogP contribution in [0.25, 0.3) is 10.9 Å². The summed E-state index contributed by atoms with van der Waals surface area (Å²) >= 11 is 6.13. The van der Waals surface area contributed by atoms with Crippen LogP contribution in [0.3, 0.4) is 0 Å². The van der Waals surface area contributed by atoms with Gasteiger partial charge < -0.3 is 9.67 Å². The Balaban J connectivity index is 3.06. The molecule has 1 aromatic heterocycles. The molecule has 106 valence electrons. The molecule has 1 unspecified atom stereocenters. The number of nitrogens with zero attached hydrogens (tertiary/aromatic N) is 1. The van der Waals surface area contributed by atoms with Gasteiger partial charge in [0.1, 0.15) is 5.69 Å². The minimum atomic E-state index is -1.11. The third-order valence-electron chi connectivity index (χ3n) is 3.65. The standard InChI is InChI=1S/C15H16ClNO3/c1-4-8(2)17-12(15(19)20)7-13(18)10-5-6-11(16)9(3)14(10)17/h5-8H,4H2,1-3H3,(H,19,20). The Morgan fingerprint density at radius 3 is 2.65 bits per heavy atom. The van der Waals surface area contributed by atoms with Crippen molar-refractivity contribution in [2.45, 2.75) is 33.2 Å². The minimum absolute atomic E-state index is 0.00205. The molecule has 2 aromatic rings. The minimum Gasteiger partial charge on any atom is -0.477 e. The van der Waals surface area contributed by atoms with Crippen molar-refractivity contribution in [1.29, 1.82) is 0 Å². The maximum absolute atomic E-state index is 12.1. The molecule has 1 N–H and O–H groups in total. The number of aromatic carboxylic acids is 1. The first kappa shape index (κ1) is 14.6. The molecule has 2 rings (SSSR count). The molecule has 0 spiro atoms. The van der Waals surface area contributed by atoms with Crippen molar-refractivity contribution in [2.75, 3.05) is 0 Å². The van der Waals surface area contributed by atoms with Crippen molar-refractivity contribution >= 4 is 28.5 Å². The predicted molar refractivity (Wildman–Crippen MR) is 79.9 cm³/mol. The van der Waals surface area contributed by atoms with Crippen molar-refractivity contribution in [3.8, 4) is 0 Å². The van der Waals surface area contributed by atoms with E-state index in [2.05, 4.69) is 0 Å². The fraction of sp³-hybridized carbons (Fsp3) is 0.333. The molecular weight excluding hydrogens is 278 g/mol. The van der Waals surface area contributed by atoms with Crippen LogP contribution in [-0.2, 0) is 0 Å². The van der Waals surface area contributed by atoms with Gasteiger partial charge in [-0.2, -0.15) is 0 Å². The number of hydrogen-bond donors (Lipinski definition) is 1. The number of fused-ring (bicyclic) bond motifs is 1. The van der Waals surface area contributed by atoms with Crippen molar-refractivity contribution < 1.29 is 9.90 Å². The number of carbonyl (C=O) groups is 1. The number of hydrogen-bond acceptors (Lipinski definition) is 2. The topological polar surface area (TPSA) is 59.3 Å². The molecular formula is C15H16ClNO3. The van der Waals surface area contributed by atoms with Gasteiger partial charge in [0.25, 0.3) is 0 Å². The van der Waals surface area contributed by atoms with Crippen molar-refractivity contribution in [3.63, 3.8) is 0 Å². The monoisotopic (exact) mass is 293 g/mol. The molecule has 0 aliphatic rings. The molecule has 4 nitrogen and oxygen atoms in total. The molecule has 0 radical (unpaired) electrons.